The van der Waals surface area contributed by atoms with Gasteiger partial charge in [0.25, 0.3) is 0 Å². The van der Waals surface area contributed by atoms with E-state index in [0.717, 1.165) is 115 Å². The molecule has 0 rings (SSSR count). The van der Waals surface area contributed by atoms with Crippen LogP contribution in [0.5, 0.6) is 0 Å². The van der Waals surface area contributed by atoms with Gasteiger partial charge < -0.3 is 33.8 Å². The van der Waals surface area contributed by atoms with Crippen LogP contribution in [0.3, 0.4) is 0 Å². The average molecular weight is 1390 g/mol. The van der Waals surface area contributed by atoms with E-state index in [9.17, 15) is 43.2 Å². The molecule has 0 fully saturated rings. The summed E-state index contributed by atoms with van der Waals surface area (Å²) in [5.41, 5.74) is 0. The minimum absolute atomic E-state index is 0.0849. The summed E-state index contributed by atoms with van der Waals surface area (Å²) < 4.78 is 68.5. The molecule has 0 aromatic heterocycles. The van der Waals surface area contributed by atoms with Crippen molar-refractivity contribution in [1.82, 2.24) is 0 Å². The predicted molar refractivity (Wildman–Crippen MR) is 386 cm³/mol. The highest BCUT2D eigenvalue weighted by molar-refractivity contribution is 7.47. The van der Waals surface area contributed by atoms with Gasteiger partial charge in [-0.2, -0.15) is 0 Å². The third kappa shape index (κ3) is 68.5. The molecule has 95 heavy (non-hydrogen) atoms. The molecule has 3 N–H and O–H groups in total. The summed E-state index contributed by atoms with van der Waals surface area (Å²) in [4.78, 5) is 72.8. The summed E-state index contributed by atoms with van der Waals surface area (Å²) >= 11 is 0. The second-order valence-electron chi connectivity index (χ2n) is 27.4. The van der Waals surface area contributed by atoms with Crippen LogP contribution in [0.15, 0.2) is 24.3 Å². The van der Waals surface area contributed by atoms with Gasteiger partial charge in [-0.25, -0.2) is 9.13 Å². The van der Waals surface area contributed by atoms with Crippen LogP contribution in [-0.4, -0.2) is 96.7 Å². The Kier molecular flexibility index (Phi) is 65.6. The molecule has 0 heterocycles. The highest BCUT2D eigenvalue weighted by Crippen LogP contribution is 2.45. The molecule has 0 saturated carbocycles. The highest BCUT2D eigenvalue weighted by Gasteiger charge is 2.30. The monoisotopic (exact) mass is 1390 g/mol. The van der Waals surface area contributed by atoms with Crippen LogP contribution in [0.25, 0.3) is 0 Å². The topological polar surface area (TPSA) is 237 Å². The Balaban J connectivity index is 5.31. The number of carbonyl (C=O) groups is 4. The quantitative estimate of drug-likeness (QED) is 0.0169. The second kappa shape index (κ2) is 67.4. The molecule has 560 valence electrons. The Morgan fingerprint density at radius 2 is 0.621 bits per heavy atom. The molecule has 0 aliphatic heterocycles. The zero-order chi connectivity index (χ0) is 70.0. The van der Waals surface area contributed by atoms with Gasteiger partial charge in [-0.05, 0) is 63.2 Å². The largest absolute Gasteiger partial charge is 0.472 e. The summed E-state index contributed by atoms with van der Waals surface area (Å²) in [6.07, 6.45) is 57.4. The Morgan fingerprint density at radius 3 is 0.947 bits per heavy atom. The van der Waals surface area contributed by atoms with E-state index in [4.69, 9.17) is 37.0 Å². The number of rotatable bonds is 73. The van der Waals surface area contributed by atoms with Gasteiger partial charge in [0.05, 0.1) is 26.4 Å². The zero-order valence-electron chi connectivity index (χ0n) is 61.5. The lowest BCUT2D eigenvalue weighted by atomic mass is 9.99. The Labute approximate surface area is 580 Å². The molecule has 19 heteroatoms. The van der Waals surface area contributed by atoms with Gasteiger partial charge in [-0.3, -0.25) is 37.3 Å². The van der Waals surface area contributed by atoms with Crippen molar-refractivity contribution in [1.29, 1.82) is 0 Å². The van der Waals surface area contributed by atoms with E-state index in [-0.39, 0.29) is 25.7 Å². The lowest BCUT2D eigenvalue weighted by Gasteiger charge is -2.21. The van der Waals surface area contributed by atoms with Crippen molar-refractivity contribution in [2.75, 3.05) is 39.6 Å². The summed E-state index contributed by atoms with van der Waals surface area (Å²) in [5.74, 6) is -0.575. The van der Waals surface area contributed by atoms with Crippen LogP contribution in [0.2, 0.25) is 0 Å². The van der Waals surface area contributed by atoms with Crippen molar-refractivity contribution in [3.05, 3.63) is 24.3 Å². The van der Waals surface area contributed by atoms with Crippen LogP contribution in [0, 0.1) is 11.8 Å². The lowest BCUT2D eigenvalue weighted by molar-refractivity contribution is -0.161. The molecule has 0 aliphatic carbocycles. The summed E-state index contributed by atoms with van der Waals surface area (Å²) in [6, 6.07) is 0. The first-order valence-electron chi connectivity index (χ1n) is 38.8. The van der Waals surface area contributed by atoms with Crippen LogP contribution in [0.1, 0.15) is 369 Å². The minimum atomic E-state index is -4.97. The standard InChI is InChI=1S/C76H144O17P2/c1-7-10-12-14-16-18-20-22-23-24-28-36-42-48-54-60-75(80)92-71(64-87-74(79)59-53-47-41-35-29-25-26-32-38-44-50-56-68(4)5)66-90-94(82,83)88-62-70(77)63-89-95(84,85)91-67-72(65-86-73(78)58-52-46-40-34-27-21-19-17-15-13-11-8-2)93-76(81)61-55-49-43-37-31-30-33-39-45-51-57-69(6)9-3/h18,20,22-23,68-72,77H,7-17,19,21,24-67H2,1-6H3,(H,82,83)(H,84,85)/b20-18-,23-22-/t69?,70-,71-,72-/m1/s1. The number of esters is 4. The number of carbonyl (C=O) groups excluding carboxylic acids is 4. The number of hydrogen-bond acceptors (Lipinski definition) is 15. The third-order valence-electron chi connectivity index (χ3n) is 17.4. The molecule has 3 unspecified atom stereocenters. The smallest absolute Gasteiger partial charge is 0.462 e. The molecule has 0 bridgehead atoms. The maximum Gasteiger partial charge on any atom is 0.472 e. The SMILES string of the molecule is CCCCCC/C=C\C=C/CCCCCCCC(=O)O[C@H](COC(=O)CCCCCCCCCCCCCC(C)C)COP(=O)(O)OC[C@@H](O)COP(=O)(O)OC[C@@H](COC(=O)CCCCCCCCCCCCCC)OC(=O)CCCCCCCCCCCCC(C)CC. The van der Waals surface area contributed by atoms with Crippen LogP contribution < -0.4 is 0 Å². The van der Waals surface area contributed by atoms with E-state index in [0.29, 0.717) is 25.7 Å². The summed E-state index contributed by atoms with van der Waals surface area (Å²) in [5, 5.41) is 10.6. The average Bonchev–Trinajstić information content (AvgIpc) is 2.53. The number of unbranched alkanes of at least 4 members (excludes halogenated alkanes) is 39. The maximum absolute atomic E-state index is 13.1. The normalized spacial score (nSPS) is 14.5. The predicted octanol–water partition coefficient (Wildman–Crippen LogP) is 21.9. The molecule has 0 saturated heterocycles. The van der Waals surface area contributed by atoms with Crippen LogP contribution in [0.4, 0.5) is 0 Å². The fourth-order valence-electron chi connectivity index (χ4n) is 11.1. The van der Waals surface area contributed by atoms with Crippen molar-refractivity contribution in [2.45, 2.75) is 387 Å². The van der Waals surface area contributed by atoms with E-state index in [1.54, 1.807) is 0 Å². The van der Waals surface area contributed by atoms with Crippen molar-refractivity contribution < 1.29 is 80.2 Å². The molecule has 0 aromatic carbocycles. The van der Waals surface area contributed by atoms with Crippen LogP contribution in [-0.2, 0) is 65.4 Å². The van der Waals surface area contributed by atoms with Gasteiger partial charge >= 0.3 is 39.5 Å². The number of ether oxygens (including phenoxy) is 4. The van der Waals surface area contributed by atoms with Crippen molar-refractivity contribution in [3.8, 4) is 0 Å². The molecule has 0 aromatic rings. The Morgan fingerprint density at radius 1 is 0.347 bits per heavy atom. The number of aliphatic hydroxyl groups excluding tert-OH is 1. The number of allylic oxidation sites excluding steroid dienone is 4. The molecular weight excluding hydrogens is 1250 g/mol. The van der Waals surface area contributed by atoms with Crippen molar-refractivity contribution in [2.24, 2.45) is 11.8 Å². The van der Waals surface area contributed by atoms with Crippen LogP contribution >= 0.6 is 15.6 Å². The van der Waals surface area contributed by atoms with Crippen molar-refractivity contribution in [3.63, 3.8) is 0 Å². The van der Waals surface area contributed by atoms with E-state index in [1.165, 1.54) is 173 Å². The molecule has 17 nitrogen and oxygen atoms in total. The first-order chi connectivity index (χ1) is 45.9. The lowest BCUT2D eigenvalue weighted by Crippen LogP contribution is -2.30. The molecule has 6 atom stereocenters. The first kappa shape index (κ1) is 92.5. The number of aliphatic hydroxyl groups is 1. The molecule has 0 radical (unpaired) electrons. The van der Waals surface area contributed by atoms with Gasteiger partial charge in [-0.15, -0.1) is 0 Å². The summed E-state index contributed by atoms with van der Waals surface area (Å²) in [7, 11) is -9.93. The van der Waals surface area contributed by atoms with E-state index < -0.39 is 97.5 Å². The number of phosphoric acid groups is 2. The molecule has 0 spiro atoms. The highest BCUT2D eigenvalue weighted by atomic mass is 31.2. The van der Waals surface area contributed by atoms with Gasteiger partial charge in [0, 0.05) is 25.7 Å². The number of phosphoric ester groups is 2. The van der Waals surface area contributed by atoms with Gasteiger partial charge in [0.2, 0.25) is 0 Å². The van der Waals surface area contributed by atoms with Crippen molar-refractivity contribution >= 4 is 39.5 Å². The third-order valence-corrected chi connectivity index (χ3v) is 19.3. The van der Waals surface area contributed by atoms with Gasteiger partial charge in [0.15, 0.2) is 12.2 Å². The van der Waals surface area contributed by atoms with E-state index >= 15 is 0 Å². The summed E-state index contributed by atoms with van der Waals surface area (Å²) in [6.45, 7) is 9.56. The number of hydrogen-bond donors (Lipinski definition) is 3. The van der Waals surface area contributed by atoms with E-state index in [1.807, 2.05) is 0 Å². The molecule has 0 amide bonds. The zero-order valence-corrected chi connectivity index (χ0v) is 63.2. The minimum Gasteiger partial charge on any atom is -0.462 e. The molecule has 0 aliphatic rings. The second-order valence-corrected chi connectivity index (χ2v) is 30.3. The fraction of sp³-hybridized carbons (Fsp3) is 0.895. The van der Waals surface area contributed by atoms with Gasteiger partial charge in [0.1, 0.15) is 19.3 Å². The first-order valence-corrected chi connectivity index (χ1v) is 41.8. The Hall–Kier alpha value is -2.46. The fourth-order valence-corrected chi connectivity index (χ4v) is 12.7. The maximum atomic E-state index is 13.1. The molecular formula is C76H144O17P2. The Bertz CT molecular complexity index is 1930. The van der Waals surface area contributed by atoms with E-state index in [2.05, 4.69) is 65.8 Å². The van der Waals surface area contributed by atoms with Gasteiger partial charge in [-0.1, -0.05) is 316 Å².